The summed E-state index contributed by atoms with van der Waals surface area (Å²) in [4.78, 5) is 2.39. The maximum Gasteiger partial charge on any atom is 0.133 e. The molecule has 0 radical (unpaired) electrons. The van der Waals surface area contributed by atoms with Crippen LogP contribution in [0.25, 0.3) is 0 Å². The van der Waals surface area contributed by atoms with Crippen molar-refractivity contribution in [1.82, 2.24) is 10.2 Å². The molecule has 1 heterocycles. The number of nitriles is 1. The molecule has 0 bridgehead atoms. The molecule has 3 atom stereocenters. The van der Waals surface area contributed by atoms with Gasteiger partial charge in [0.25, 0.3) is 0 Å². The molecule has 0 amide bonds. The van der Waals surface area contributed by atoms with Crippen molar-refractivity contribution in [3.8, 4) is 6.07 Å². The minimum absolute atomic E-state index is 0.261. The van der Waals surface area contributed by atoms with Gasteiger partial charge >= 0.3 is 0 Å². The number of hydrogen-bond acceptors (Lipinski definition) is 4. The molecular formula is C17H25N3O. The van der Waals surface area contributed by atoms with Crippen LogP contribution in [0.15, 0.2) is 30.3 Å². The van der Waals surface area contributed by atoms with Gasteiger partial charge in [0.05, 0.1) is 18.3 Å². The summed E-state index contributed by atoms with van der Waals surface area (Å²) in [6.45, 7) is 6.97. The zero-order valence-corrected chi connectivity index (χ0v) is 13.2. The van der Waals surface area contributed by atoms with Crippen LogP contribution in [0.4, 0.5) is 0 Å². The van der Waals surface area contributed by atoms with E-state index in [-0.39, 0.29) is 12.2 Å². The second-order valence-electron chi connectivity index (χ2n) is 5.90. The lowest BCUT2D eigenvalue weighted by Crippen LogP contribution is -2.48. The van der Waals surface area contributed by atoms with Crippen LogP contribution in [0.2, 0.25) is 0 Å². The predicted octanol–water partition coefficient (Wildman–Crippen LogP) is 2.12. The van der Waals surface area contributed by atoms with Crippen LogP contribution in [0.5, 0.6) is 0 Å². The monoisotopic (exact) mass is 287 g/mol. The number of morpholine rings is 1. The second-order valence-corrected chi connectivity index (χ2v) is 5.90. The van der Waals surface area contributed by atoms with E-state index >= 15 is 0 Å². The number of nitrogens with one attached hydrogen (secondary N) is 1. The van der Waals surface area contributed by atoms with Crippen LogP contribution in [-0.4, -0.2) is 43.8 Å². The average molecular weight is 287 g/mol. The van der Waals surface area contributed by atoms with Gasteiger partial charge in [0, 0.05) is 19.6 Å². The minimum Gasteiger partial charge on any atom is -0.373 e. The van der Waals surface area contributed by atoms with Crippen LogP contribution < -0.4 is 5.32 Å². The molecular weight excluding hydrogens is 262 g/mol. The molecule has 0 spiro atoms. The number of hydrogen-bond donors (Lipinski definition) is 1. The summed E-state index contributed by atoms with van der Waals surface area (Å²) in [6.07, 6.45) is 1.29. The Morgan fingerprint density at radius 3 is 2.43 bits per heavy atom. The fourth-order valence-electron chi connectivity index (χ4n) is 3.11. The smallest absolute Gasteiger partial charge is 0.133 e. The van der Waals surface area contributed by atoms with Gasteiger partial charge < -0.3 is 4.74 Å². The Morgan fingerprint density at radius 2 is 1.90 bits per heavy atom. The van der Waals surface area contributed by atoms with Crippen LogP contribution >= 0.6 is 0 Å². The first-order chi connectivity index (χ1) is 10.1. The summed E-state index contributed by atoms with van der Waals surface area (Å²) in [5, 5.41) is 12.9. The molecule has 1 unspecified atom stereocenters. The van der Waals surface area contributed by atoms with Crippen LogP contribution in [0.3, 0.4) is 0 Å². The third kappa shape index (κ3) is 3.82. The van der Waals surface area contributed by atoms with E-state index in [0.29, 0.717) is 0 Å². The maximum atomic E-state index is 9.71. The highest BCUT2D eigenvalue weighted by Crippen LogP contribution is 2.25. The third-order valence-electron chi connectivity index (χ3n) is 4.18. The molecule has 0 aromatic heterocycles. The Morgan fingerprint density at radius 1 is 1.29 bits per heavy atom. The first-order valence-electron chi connectivity index (χ1n) is 7.63. The summed E-state index contributed by atoms with van der Waals surface area (Å²) >= 11 is 0. The lowest BCUT2D eigenvalue weighted by Gasteiger charge is -2.37. The highest BCUT2D eigenvalue weighted by Gasteiger charge is 2.32. The molecule has 1 aromatic carbocycles. The Kier molecular flexibility index (Phi) is 5.35. The van der Waals surface area contributed by atoms with Crippen molar-refractivity contribution < 1.29 is 4.74 Å². The molecule has 2 rings (SSSR count). The zero-order chi connectivity index (χ0) is 15.3. The summed E-state index contributed by atoms with van der Waals surface area (Å²) in [5.74, 6) is 0. The van der Waals surface area contributed by atoms with E-state index in [1.165, 1.54) is 0 Å². The van der Waals surface area contributed by atoms with Gasteiger partial charge in [-0.15, -0.1) is 0 Å². The molecule has 0 saturated carbocycles. The number of nitrogens with zero attached hydrogens (tertiary/aromatic N) is 2. The van der Waals surface area contributed by atoms with Crippen molar-refractivity contribution in [3.63, 3.8) is 0 Å². The largest absolute Gasteiger partial charge is 0.373 e. The van der Waals surface area contributed by atoms with E-state index < -0.39 is 5.54 Å². The van der Waals surface area contributed by atoms with E-state index in [9.17, 15) is 5.26 Å². The highest BCUT2D eigenvalue weighted by molar-refractivity contribution is 5.31. The van der Waals surface area contributed by atoms with Crippen molar-refractivity contribution in [2.75, 3.05) is 26.7 Å². The van der Waals surface area contributed by atoms with Crippen molar-refractivity contribution in [2.24, 2.45) is 0 Å². The summed E-state index contributed by atoms with van der Waals surface area (Å²) in [7, 11) is 1.86. The lowest BCUT2D eigenvalue weighted by atomic mass is 9.88. The van der Waals surface area contributed by atoms with Crippen LogP contribution in [0, 0.1) is 11.3 Å². The standard InChI is InChI=1S/C17H25N3O/c1-14-11-20(12-15(2)21-14)10-9-17(13-18,19-3)16-7-5-4-6-8-16/h4-8,14-15,19H,9-12H2,1-3H3/t14-,15+,17?. The number of ether oxygens (including phenoxy) is 1. The lowest BCUT2D eigenvalue weighted by molar-refractivity contribution is -0.0691. The third-order valence-corrected chi connectivity index (χ3v) is 4.18. The number of benzene rings is 1. The molecule has 1 aliphatic rings. The Hall–Kier alpha value is -1.41. The van der Waals surface area contributed by atoms with E-state index in [4.69, 9.17) is 4.74 Å². The molecule has 1 aliphatic heterocycles. The van der Waals surface area contributed by atoms with Crippen LogP contribution in [0.1, 0.15) is 25.8 Å². The minimum atomic E-state index is -0.619. The molecule has 0 aliphatic carbocycles. The van der Waals surface area contributed by atoms with Gasteiger partial charge in [-0.2, -0.15) is 5.26 Å². The fraction of sp³-hybridized carbons (Fsp3) is 0.588. The molecule has 4 nitrogen and oxygen atoms in total. The highest BCUT2D eigenvalue weighted by atomic mass is 16.5. The van der Waals surface area contributed by atoms with Gasteiger partial charge in [-0.1, -0.05) is 30.3 Å². The first-order valence-corrected chi connectivity index (χ1v) is 7.63. The molecule has 1 saturated heterocycles. The molecule has 114 valence electrons. The van der Waals surface area contributed by atoms with E-state index in [1.54, 1.807) is 0 Å². The van der Waals surface area contributed by atoms with Gasteiger partial charge in [0.2, 0.25) is 0 Å². The van der Waals surface area contributed by atoms with E-state index in [0.717, 1.165) is 31.6 Å². The fourth-order valence-corrected chi connectivity index (χ4v) is 3.11. The Labute approximate surface area is 127 Å². The molecule has 1 aromatic rings. The molecule has 4 heteroatoms. The number of rotatable bonds is 5. The summed E-state index contributed by atoms with van der Waals surface area (Å²) < 4.78 is 5.76. The maximum absolute atomic E-state index is 9.71. The molecule has 21 heavy (non-hydrogen) atoms. The van der Waals surface area contributed by atoms with Crippen molar-refractivity contribution >= 4 is 0 Å². The van der Waals surface area contributed by atoms with E-state index in [1.807, 2.05) is 37.4 Å². The summed E-state index contributed by atoms with van der Waals surface area (Å²) in [5.41, 5.74) is 0.413. The first kappa shape index (κ1) is 16.0. The molecule has 1 fully saturated rings. The predicted molar refractivity (Wildman–Crippen MR) is 83.9 cm³/mol. The van der Waals surface area contributed by atoms with Crippen molar-refractivity contribution in [2.45, 2.75) is 38.0 Å². The van der Waals surface area contributed by atoms with Gasteiger partial charge in [-0.25, -0.2) is 0 Å². The van der Waals surface area contributed by atoms with Gasteiger partial charge in [0.15, 0.2) is 0 Å². The van der Waals surface area contributed by atoms with Gasteiger partial charge in [0.1, 0.15) is 5.54 Å². The quantitative estimate of drug-likeness (QED) is 0.901. The summed E-state index contributed by atoms with van der Waals surface area (Å²) in [6, 6.07) is 12.5. The van der Waals surface area contributed by atoms with Crippen LogP contribution in [-0.2, 0) is 10.3 Å². The average Bonchev–Trinajstić information content (AvgIpc) is 2.49. The zero-order valence-electron chi connectivity index (χ0n) is 13.2. The Bertz CT molecular complexity index is 475. The SMILES string of the molecule is CNC(C#N)(CCN1C[C@@H](C)O[C@@H](C)C1)c1ccccc1. The second kappa shape index (κ2) is 7.04. The van der Waals surface area contributed by atoms with Crippen molar-refractivity contribution in [1.29, 1.82) is 5.26 Å². The normalized spacial score (nSPS) is 26.0. The van der Waals surface area contributed by atoms with Gasteiger partial charge in [-0.05, 0) is 32.9 Å². The molecule has 1 N–H and O–H groups in total. The van der Waals surface area contributed by atoms with Crippen molar-refractivity contribution in [3.05, 3.63) is 35.9 Å². The van der Waals surface area contributed by atoms with Gasteiger partial charge in [-0.3, -0.25) is 10.2 Å². The Balaban J connectivity index is 2.06. The topological polar surface area (TPSA) is 48.3 Å². The van der Waals surface area contributed by atoms with E-state index in [2.05, 4.69) is 30.1 Å².